The third kappa shape index (κ3) is 26.0. The number of nitrogens with zero attached hydrogens (tertiary/aromatic N) is 13. The molecule has 13 heterocycles. The summed E-state index contributed by atoms with van der Waals surface area (Å²) in [5, 5.41) is -1.26. The van der Waals surface area contributed by atoms with E-state index in [2.05, 4.69) is 187 Å². The number of likely N-dealkylation sites (tertiary alicyclic amines) is 1. The molecule has 6 aliphatic rings. The SMILES string of the molecule is CC(=O)N1CCC(c2ccc(C(=O)NS(=O)(=O)c3cccc(N)n3)c(N3C[C@@H](C)CC3(C)C)n2)CC1.CC1(C)CN(c2nc(C(C)(C)C)ccc2C(=O)NS(=O)(=O)c2cccc(N)n2)C(C)(C)C1.C[C@@H]1CN(c2nc(C(C)(C)C)c(/C=C/C3CCCC3)cc2C(=O)NS(=O)(=O)c2cccc(N)n2)C(C)(C)C1.Cc1cc(C)cc(-c2ccc(C(=O)NS(=O)(=O)c3cccc(N)n3)c(N3C[C@@H](C)CC3(C)C)n2)c1. The number of sulfonamides is 4. The second-order valence-electron chi connectivity index (χ2n) is 43.9. The number of hydrogen-bond donors (Lipinski definition) is 8. The van der Waals surface area contributed by atoms with Crippen molar-refractivity contribution in [3.05, 3.63) is 196 Å². The zero-order chi connectivity index (χ0) is 104. The van der Waals surface area contributed by atoms with Gasteiger partial charge in [-0.15, -0.1) is 0 Å². The van der Waals surface area contributed by atoms with Crippen LogP contribution in [0.25, 0.3) is 17.3 Å². The number of aryl methyl sites for hydroxylation is 2. The molecular weight excluding hydrogens is 1870 g/mol. The number of amides is 5. The van der Waals surface area contributed by atoms with Crippen LogP contribution in [0.1, 0.15) is 284 Å². The molecule has 141 heavy (non-hydrogen) atoms. The highest BCUT2D eigenvalue weighted by atomic mass is 32.2. The van der Waals surface area contributed by atoms with Gasteiger partial charge in [0.2, 0.25) is 5.91 Å². The van der Waals surface area contributed by atoms with Crippen LogP contribution >= 0.6 is 0 Å². The smallest absolute Gasteiger partial charge is 0.281 e. The molecule has 0 unspecified atom stereocenters. The number of nitrogen functional groups attached to an aromatic ring is 4. The van der Waals surface area contributed by atoms with Crippen LogP contribution in [-0.2, 0) is 55.7 Å². The molecule has 5 aliphatic heterocycles. The molecule has 1 aliphatic carbocycles. The molecule has 1 aromatic carbocycles. The average Bonchev–Trinajstić information content (AvgIpc) is 1.57. The van der Waals surface area contributed by atoms with Crippen LogP contribution < -0.4 is 61.4 Å². The maximum absolute atomic E-state index is 13.7. The molecule has 0 spiro atoms. The Balaban J connectivity index is 0.000000168. The number of anilines is 8. The number of pyridine rings is 8. The number of piperidine rings is 1. The first kappa shape index (κ1) is 108. The number of rotatable bonds is 20. The number of benzene rings is 1. The van der Waals surface area contributed by atoms with Crippen LogP contribution in [-0.4, -0.2) is 169 Å². The molecule has 0 radical (unpaired) electrons. The number of nitrogens with two attached hydrogens (primary N) is 4. The van der Waals surface area contributed by atoms with Crippen LogP contribution in [0.3, 0.4) is 0 Å². The Morgan fingerprint density at radius 1 is 0.418 bits per heavy atom. The topological polar surface area (TPSA) is 493 Å². The fourth-order valence-electron chi connectivity index (χ4n) is 20.4. The van der Waals surface area contributed by atoms with Gasteiger partial charge in [0.15, 0.2) is 20.1 Å². The van der Waals surface area contributed by atoms with Gasteiger partial charge in [-0.2, -0.15) is 33.7 Å². The summed E-state index contributed by atoms with van der Waals surface area (Å²) in [4.78, 5) is 111. The minimum Gasteiger partial charge on any atom is -0.384 e. The molecule has 0 bridgehead atoms. The van der Waals surface area contributed by atoms with Crippen LogP contribution in [0.5, 0.6) is 0 Å². The van der Waals surface area contributed by atoms with Crippen molar-refractivity contribution < 1.29 is 57.6 Å². The van der Waals surface area contributed by atoms with Crippen molar-refractivity contribution in [1.82, 2.24) is 63.7 Å². The van der Waals surface area contributed by atoms with Crippen molar-refractivity contribution in [3.63, 3.8) is 0 Å². The third-order valence-electron chi connectivity index (χ3n) is 26.4. The van der Waals surface area contributed by atoms with Crippen LogP contribution in [0.15, 0.2) is 160 Å². The van der Waals surface area contributed by atoms with Gasteiger partial charge < -0.3 is 47.4 Å². The lowest BCUT2D eigenvalue weighted by atomic mass is 9.86. The Hall–Kier alpha value is -12.3. The van der Waals surface area contributed by atoms with Gasteiger partial charge >= 0.3 is 0 Å². The fraction of sp³-hybridized carbons (Fsp3) is 0.485. The van der Waals surface area contributed by atoms with E-state index in [-0.39, 0.29) is 116 Å². The second kappa shape index (κ2) is 41.3. The normalized spacial score (nSPS) is 19.1. The minimum atomic E-state index is -4.24. The minimum absolute atomic E-state index is 0.0220. The first-order valence-corrected chi connectivity index (χ1v) is 53.8. The van der Waals surface area contributed by atoms with Gasteiger partial charge in [0, 0.05) is 102 Å². The fourth-order valence-corrected chi connectivity index (χ4v) is 24.1. The molecule has 758 valence electrons. The molecule has 8 aromatic heterocycles. The Morgan fingerprint density at radius 3 is 1.14 bits per heavy atom. The van der Waals surface area contributed by atoms with E-state index in [1.807, 2.05) is 57.7 Å². The van der Waals surface area contributed by atoms with Gasteiger partial charge in [0.25, 0.3) is 63.7 Å². The molecule has 1 saturated carbocycles. The summed E-state index contributed by atoms with van der Waals surface area (Å²) < 4.78 is 112. The van der Waals surface area contributed by atoms with E-state index in [0.717, 1.165) is 103 Å². The van der Waals surface area contributed by atoms with E-state index < -0.39 is 63.7 Å². The highest BCUT2D eigenvalue weighted by Gasteiger charge is 2.48. The molecule has 38 heteroatoms. The predicted molar refractivity (Wildman–Crippen MR) is 553 cm³/mol. The Kier molecular flexibility index (Phi) is 31.5. The lowest BCUT2D eigenvalue weighted by Gasteiger charge is -2.35. The number of carbonyl (C=O) groups excluding carboxylic acids is 5. The highest BCUT2D eigenvalue weighted by Crippen LogP contribution is 2.47. The maximum Gasteiger partial charge on any atom is 0.281 e. The van der Waals surface area contributed by atoms with Gasteiger partial charge in [-0.05, 0) is 258 Å². The van der Waals surface area contributed by atoms with E-state index in [1.54, 1.807) is 43.3 Å². The molecule has 9 aromatic rings. The van der Waals surface area contributed by atoms with Crippen molar-refractivity contribution in [2.24, 2.45) is 29.1 Å². The average molecular weight is 2010 g/mol. The Morgan fingerprint density at radius 2 is 0.787 bits per heavy atom. The molecule has 6 fully saturated rings. The summed E-state index contributed by atoms with van der Waals surface area (Å²) in [6, 6.07) is 35.3. The zero-order valence-corrected chi connectivity index (χ0v) is 88.4. The number of aromatic nitrogens is 8. The molecular formula is C103H139N21O13S4. The molecule has 15 rings (SSSR count). The van der Waals surface area contributed by atoms with Gasteiger partial charge in [-0.25, -0.2) is 58.8 Å². The van der Waals surface area contributed by atoms with E-state index in [1.165, 1.54) is 85.6 Å². The lowest BCUT2D eigenvalue weighted by molar-refractivity contribution is -0.129. The van der Waals surface area contributed by atoms with Crippen LogP contribution in [0, 0.1) is 42.9 Å². The van der Waals surface area contributed by atoms with E-state index >= 15 is 0 Å². The number of hydrogen-bond acceptors (Lipinski definition) is 29. The van der Waals surface area contributed by atoms with Crippen molar-refractivity contribution in [3.8, 4) is 11.3 Å². The largest absolute Gasteiger partial charge is 0.384 e. The quantitative estimate of drug-likeness (QED) is 0.0351. The van der Waals surface area contributed by atoms with Gasteiger partial charge in [0.05, 0.1) is 33.6 Å². The first-order valence-electron chi connectivity index (χ1n) is 47.8. The number of nitrogens with one attached hydrogen (secondary N) is 4. The van der Waals surface area contributed by atoms with Gasteiger partial charge in [-0.3, -0.25) is 24.0 Å². The van der Waals surface area contributed by atoms with Gasteiger partial charge in [-0.1, -0.05) is 143 Å². The highest BCUT2D eigenvalue weighted by molar-refractivity contribution is 7.90. The molecule has 12 N–H and O–H groups in total. The van der Waals surface area contributed by atoms with Crippen molar-refractivity contribution in [1.29, 1.82) is 0 Å². The number of allylic oxidation sites excluding steroid dienone is 1. The summed E-state index contributed by atoms with van der Waals surface area (Å²) in [6.45, 7) is 50.0. The predicted octanol–water partition coefficient (Wildman–Crippen LogP) is 15.4. The van der Waals surface area contributed by atoms with Gasteiger partial charge in [0.1, 0.15) is 46.5 Å². The summed E-state index contributed by atoms with van der Waals surface area (Å²) in [7, 11) is -16.9. The molecule has 5 saturated heterocycles. The standard InChI is InChI=1S/C29H41N5O3S.C26H31N5O3S.C25H34N6O4S.C23H33N5O3S/c1-19-17-29(5,6)34(18-19)26-22(27(35)33-38(36,37)24-13-9-12-23(30)31-24)16-21(25(32-26)28(2,3)4)15-14-20-10-7-8-11-20;1-16-11-17(2)13-19(12-16)21-10-9-20(24(28-21)31-15-18(3)14-26(31,4)5)25(32)30-35(33,34)23-8-6-7-22(27)29-23;1-16-14-25(3,4)31(15-16)23-19(24(33)29-36(34,35)22-7-5-6-21(26)28-22)8-9-20(27-23)18-10-12-30(13-11-18)17(2)32;1-21(2,3)16-12-11-15(19(25-16)28-14-22(4,5)13-23(28,6)7)20(29)27-32(30,31)18-10-8-9-17(24)26-18/h9,12-16,19-20H,7-8,10-11,17-18H2,1-6H3,(H2,30,31)(H,33,35);6-13,18H,14-15H2,1-5H3,(H2,27,29)(H,30,32);5-9,16,18H,10-15H2,1-4H3,(H2,26,28)(H,29,33);8-12H,13-14H2,1-7H3,(H2,24,26)(H,27,29)/b15-14+;;;/t19-;18-;16-;/m000./s1. The van der Waals surface area contributed by atoms with E-state index in [9.17, 15) is 57.6 Å². The molecule has 34 nitrogen and oxygen atoms in total. The van der Waals surface area contributed by atoms with Crippen molar-refractivity contribution in [2.75, 3.05) is 81.8 Å². The van der Waals surface area contributed by atoms with E-state index in [4.69, 9.17) is 42.9 Å². The summed E-state index contributed by atoms with van der Waals surface area (Å²) in [5.74, 6) is 1.04. The van der Waals surface area contributed by atoms with Crippen molar-refractivity contribution >= 4 is 122 Å². The van der Waals surface area contributed by atoms with Crippen molar-refractivity contribution in [2.45, 2.75) is 276 Å². The maximum atomic E-state index is 13.7. The summed E-state index contributed by atoms with van der Waals surface area (Å²) >= 11 is 0. The Bertz CT molecular complexity index is 6740. The summed E-state index contributed by atoms with van der Waals surface area (Å²) in [6.07, 6.45) is 14.3. The van der Waals surface area contributed by atoms with E-state index in [0.29, 0.717) is 79.7 Å². The van der Waals surface area contributed by atoms with Crippen LogP contribution in [0.4, 0.5) is 46.5 Å². The zero-order valence-electron chi connectivity index (χ0n) is 85.1. The molecule has 5 amide bonds. The van der Waals surface area contributed by atoms with Crippen LogP contribution in [0.2, 0.25) is 0 Å². The summed E-state index contributed by atoms with van der Waals surface area (Å²) in [5.41, 5.74) is 29.2. The second-order valence-corrected chi connectivity index (χ2v) is 50.4. The lowest BCUT2D eigenvalue weighted by Crippen LogP contribution is -2.41. The number of carbonyl (C=O) groups is 5. The molecule has 3 atom stereocenters. The third-order valence-corrected chi connectivity index (χ3v) is 31.3. The first-order chi connectivity index (χ1) is 65.4. The monoisotopic (exact) mass is 2010 g/mol. The Labute approximate surface area is 831 Å².